The largest absolute Gasteiger partial charge is 0.337 e. The Bertz CT molecular complexity index is 397. The molecule has 1 amide bonds. The van der Waals surface area contributed by atoms with Gasteiger partial charge in [-0.2, -0.15) is 0 Å². The topological polar surface area (TPSA) is 45.2 Å². The molecule has 2 heterocycles. The number of nitrogens with zero attached hydrogens (tertiary/aromatic N) is 2. The summed E-state index contributed by atoms with van der Waals surface area (Å²) in [6.07, 6.45) is 2.67. The molecule has 4 nitrogen and oxygen atoms in total. The summed E-state index contributed by atoms with van der Waals surface area (Å²) in [5, 5.41) is 2.98. The van der Waals surface area contributed by atoms with Crippen LogP contribution in [-0.4, -0.2) is 35.4 Å². The van der Waals surface area contributed by atoms with Gasteiger partial charge in [0.15, 0.2) is 0 Å². The minimum absolute atomic E-state index is 0. The smallest absolute Gasteiger partial charge is 0.239 e. The van der Waals surface area contributed by atoms with Crippen molar-refractivity contribution in [2.24, 2.45) is 0 Å². The molecule has 0 saturated heterocycles. The van der Waals surface area contributed by atoms with Gasteiger partial charge in [0.25, 0.3) is 0 Å². The molecule has 0 fully saturated rings. The number of pyridine rings is 1. The highest BCUT2D eigenvalue weighted by Crippen LogP contribution is 2.16. The van der Waals surface area contributed by atoms with E-state index in [4.69, 9.17) is 0 Å². The first kappa shape index (κ1) is 13.9. The van der Waals surface area contributed by atoms with Crippen LogP contribution in [-0.2, 0) is 17.8 Å². The lowest BCUT2D eigenvalue weighted by Crippen LogP contribution is -2.45. The van der Waals surface area contributed by atoms with Crippen molar-refractivity contribution >= 4 is 18.3 Å². The molecule has 94 valence electrons. The number of likely N-dealkylation sites (N-methyl/N-ethyl adjacent to an activating group) is 1. The number of aromatic nitrogens is 1. The average Bonchev–Trinajstić information content (AvgIpc) is 2.36. The highest BCUT2D eigenvalue weighted by Gasteiger charge is 2.23. The van der Waals surface area contributed by atoms with E-state index in [1.165, 1.54) is 5.56 Å². The van der Waals surface area contributed by atoms with Crippen molar-refractivity contribution < 1.29 is 4.79 Å². The van der Waals surface area contributed by atoms with Gasteiger partial charge in [0, 0.05) is 31.4 Å². The molecule has 1 aromatic rings. The van der Waals surface area contributed by atoms with Crippen LogP contribution in [0.3, 0.4) is 0 Å². The van der Waals surface area contributed by atoms with Crippen LogP contribution in [0.4, 0.5) is 0 Å². The Kier molecular flexibility index (Phi) is 4.90. The summed E-state index contributed by atoms with van der Waals surface area (Å²) in [4.78, 5) is 18.2. The van der Waals surface area contributed by atoms with Gasteiger partial charge in [-0.15, -0.1) is 12.4 Å². The van der Waals surface area contributed by atoms with E-state index in [1.54, 1.807) is 0 Å². The highest BCUT2D eigenvalue weighted by atomic mass is 35.5. The van der Waals surface area contributed by atoms with Gasteiger partial charge in [-0.05, 0) is 25.6 Å². The highest BCUT2D eigenvalue weighted by molar-refractivity contribution is 5.85. The fraction of sp³-hybridized carbons (Fsp3) is 0.500. The molecule has 0 aromatic carbocycles. The van der Waals surface area contributed by atoms with Crippen molar-refractivity contribution in [2.45, 2.75) is 25.9 Å². The van der Waals surface area contributed by atoms with E-state index < -0.39 is 0 Å². The number of hydrogen-bond acceptors (Lipinski definition) is 3. The molecule has 17 heavy (non-hydrogen) atoms. The van der Waals surface area contributed by atoms with Gasteiger partial charge >= 0.3 is 0 Å². The lowest BCUT2D eigenvalue weighted by molar-refractivity contribution is -0.133. The van der Waals surface area contributed by atoms with Crippen LogP contribution in [0.25, 0.3) is 0 Å². The normalized spacial score (nSPS) is 15.8. The third-order valence-electron chi connectivity index (χ3n) is 3.08. The van der Waals surface area contributed by atoms with Crippen LogP contribution in [0, 0.1) is 0 Å². The number of hydrogen-bond donors (Lipinski definition) is 1. The van der Waals surface area contributed by atoms with Crippen molar-refractivity contribution in [1.29, 1.82) is 0 Å². The molecular weight excluding hydrogens is 238 g/mol. The molecule has 1 aromatic heterocycles. The first-order valence-corrected chi connectivity index (χ1v) is 5.61. The molecule has 1 unspecified atom stereocenters. The summed E-state index contributed by atoms with van der Waals surface area (Å²) in [6, 6.07) is 3.86. The summed E-state index contributed by atoms with van der Waals surface area (Å²) in [5.41, 5.74) is 2.30. The van der Waals surface area contributed by atoms with E-state index >= 15 is 0 Å². The first-order valence-electron chi connectivity index (χ1n) is 5.61. The fourth-order valence-corrected chi connectivity index (χ4v) is 1.95. The monoisotopic (exact) mass is 255 g/mol. The third-order valence-corrected chi connectivity index (χ3v) is 3.08. The number of fused-ring (bicyclic) bond motifs is 1. The predicted molar refractivity (Wildman–Crippen MR) is 69.1 cm³/mol. The van der Waals surface area contributed by atoms with Crippen molar-refractivity contribution in [3.8, 4) is 0 Å². The Balaban J connectivity index is 0.00000144. The van der Waals surface area contributed by atoms with Crippen LogP contribution in [0.2, 0.25) is 0 Å². The van der Waals surface area contributed by atoms with Crippen LogP contribution in [0.5, 0.6) is 0 Å². The SMILES string of the molecule is CNC(C)C(=O)N1CCc2ncccc2C1.Cl. The van der Waals surface area contributed by atoms with Gasteiger partial charge in [-0.1, -0.05) is 6.07 Å². The number of rotatable bonds is 2. The predicted octanol–water partition coefficient (Wildman–Crippen LogP) is 0.996. The molecule has 0 bridgehead atoms. The average molecular weight is 256 g/mol. The van der Waals surface area contributed by atoms with E-state index in [2.05, 4.69) is 10.3 Å². The van der Waals surface area contributed by atoms with Crippen molar-refractivity contribution in [1.82, 2.24) is 15.2 Å². The van der Waals surface area contributed by atoms with Gasteiger partial charge in [0.05, 0.1) is 6.04 Å². The lowest BCUT2D eigenvalue weighted by Gasteiger charge is -2.30. The number of amides is 1. The Morgan fingerprint density at radius 2 is 2.35 bits per heavy atom. The zero-order valence-electron chi connectivity index (χ0n) is 10.1. The second-order valence-corrected chi connectivity index (χ2v) is 4.13. The quantitative estimate of drug-likeness (QED) is 0.858. The first-order chi connectivity index (χ1) is 7.72. The van der Waals surface area contributed by atoms with E-state index in [1.807, 2.05) is 37.2 Å². The van der Waals surface area contributed by atoms with Gasteiger partial charge in [0.1, 0.15) is 0 Å². The summed E-state index contributed by atoms with van der Waals surface area (Å²) in [7, 11) is 1.81. The Hall–Kier alpha value is -1.13. The van der Waals surface area contributed by atoms with Crippen molar-refractivity contribution in [3.05, 3.63) is 29.6 Å². The minimum Gasteiger partial charge on any atom is -0.337 e. The van der Waals surface area contributed by atoms with E-state index in [-0.39, 0.29) is 24.4 Å². The maximum Gasteiger partial charge on any atom is 0.239 e. The standard InChI is InChI=1S/C12H17N3O.ClH/c1-9(13-2)12(16)15-7-5-11-10(8-15)4-3-6-14-11;/h3-4,6,9,13H,5,7-8H2,1-2H3;1H. The Morgan fingerprint density at radius 1 is 1.59 bits per heavy atom. The van der Waals surface area contributed by atoms with E-state index in [0.717, 1.165) is 18.7 Å². The molecule has 1 N–H and O–H groups in total. The summed E-state index contributed by atoms with van der Waals surface area (Å²) in [5.74, 6) is 0.164. The number of halogens is 1. The maximum atomic E-state index is 12.0. The number of carbonyl (C=O) groups is 1. The Labute approximate surface area is 108 Å². The van der Waals surface area contributed by atoms with Gasteiger partial charge in [-0.3, -0.25) is 9.78 Å². The summed E-state index contributed by atoms with van der Waals surface area (Å²) < 4.78 is 0. The molecular formula is C12H18ClN3O. The van der Waals surface area contributed by atoms with Crippen LogP contribution in [0.15, 0.2) is 18.3 Å². The van der Waals surface area contributed by atoms with Crippen molar-refractivity contribution in [3.63, 3.8) is 0 Å². The zero-order chi connectivity index (χ0) is 11.5. The molecule has 2 rings (SSSR count). The molecule has 1 aliphatic rings. The third kappa shape index (κ3) is 2.96. The second kappa shape index (κ2) is 5.98. The van der Waals surface area contributed by atoms with Crippen LogP contribution >= 0.6 is 12.4 Å². The van der Waals surface area contributed by atoms with E-state index in [9.17, 15) is 4.79 Å². The molecule has 1 aliphatic heterocycles. The molecule has 1 atom stereocenters. The summed E-state index contributed by atoms with van der Waals surface area (Å²) >= 11 is 0. The number of nitrogens with one attached hydrogen (secondary N) is 1. The van der Waals surface area contributed by atoms with E-state index in [0.29, 0.717) is 6.54 Å². The number of carbonyl (C=O) groups excluding carboxylic acids is 1. The van der Waals surface area contributed by atoms with Crippen LogP contribution in [0.1, 0.15) is 18.2 Å². The molecule has 0 radical (unpaired) electrons. The molecule has 5 heteroatoms. The lowest BCUT2D eigenvalue weighted by atomic mass is 10.1. The maximum absolute atomic E-state index is 12.0. The second-order valence-electron chi connectivity index (χ2n) is 4.13. The molecule has 0 spiro atoms. The summed E-state index contributed by atoms with van der Waals surface area (Å²) in [6.45, 7) is 3.35. The van der Waals surface area contributed by atoms with Gasteiger partial charge in [-0.25, -0.2) is 0 Å². The van der Waals surface area contributed by atoms with Crippen LogP contribution < -0.4 is 5.32 Å². The fourth-order valence-electron chi connectivity index (χ4n) is 1.95. The Morgan fingerprint density at radius 3 is 3.06 bits per heavy atom. The minimum atomic E-state index is -0.113. The molecule has 0 saturated carbocycles. The van der Waals surface area contributed by atoms with Gasteiger partial charge < -0.3 is 10.2 Å². The zero-order valence-corrected chi connectivity index (χ0v) is 11.0. The van der Waals surface area contributed by atoms with Crippen molar-refractivity contribution in [2.75, 3.05) is 13.6 Å². The molecule has 0 aliphatic carbocycles. The van der Waals surface area contributed by atoms with Gasteiger partial charge in [0.2, 0.25) is 5.91 Å².